The number of methoxy groups -OCH3 is 3. The van der Waals surface area contributed by atoms with Crippen LogP contribution in [0.15, 0.2) is 18.2 Å². The number of rotatable bonds is 6. The Bertz CT molecular complexity index is 766. The Kier molecular flexibility index (Phi) is 6.26. The number of fused-ring (bicyclic) bond motifs is 1. The minimum atomic E-state index is -0.187. The highest BCUT2D eigenvalue weighted by Gasteiger charge is 2.20. The van der Waals surface area contributed by atoms with E-state index in [0.717, 1.165) is 23.3 Å². The summed E-state index contributed by atoms with van der Waals surface area (Å²) in [6.45, 7) is 1.96. The van der Waals surface area contributed by atoms with Crippen LogP contribution in [0.5, 0.6) is 17.2 Å². The van der Waals surface area contributed by atoms with Gasteiger partial charge >= 0.3 is 0 Å². The van der Waals surface area contributed by atoms with Gasteiger partial charge in [-0.15, -0.1) is 11.3 Å². The highest BCUT2D eigenvalue weighted by Crippen LogP contribution is 2.39. The van der Waals surface area contributed by atoms with Gasteiger partial charge in [-0.3, -0.25) is 4.79 Å². The minimum absolute atomic E-state index is 0.0330. The zero-order valence-corrected chi connectivity index (χ0v) is 17.2. The van der Waals surface area contributed by atoms with Gasteiger partial charge in [0.05, 0.1) is 32.2 Å². The van der Waals surface area contributed by atoms with Crippen molar-refractivity contribution in [3.8, 4) is 17.2 Å². The molecule has 0 saturated carbocycles. The van der Waals surface area contributed by atoms with E-state index in [0.29, 0.717) is 17.2 Å². The standard InChI is InChI=1S/C21H27NO4S/c1-13(15-10-16(24-2)20(26-4)17(11-15)25-3)22-21(23)19-12-14-8-6-5-7-9-18(14)27-19/h10-13H,5-9H2,1-4H3,(H,22,23). The smallest absolute Gasteiger partial charge is 0.261 e. The Balaban J connectivity index is 1.78. The number of hydrogen-bond acceptors (Lipinski definition) is 5. The van der Waals surface area contributed by atoms with Crippen molar-refractivity contribution < 1.29 is 19.0 Å². The number of ether oxygens (including phenoxy) is 3. The first-order valence-corrected chi connectivity index (χ1v) is 10.1. The molecule has 1 amide bonds. The average molecular weight is 390 g/mol. The second-order valence-corrected chi connectivity index (χ2v) is 7.91. The molecule has 0 radical (unpaired) electrons. The third-order valence-corrected chi connectivity index (χ3v) is 6.24. The van der Waals surface area contributed by atoms with E-state index < -0.39 is 0 Å². The number of aryl methyl sites for hydroxylation is 2. The Morgan fingerprint density at radius 2 is 1.67 bits per heavy atom. The molecule has 0 saturated heterocycles. The topological polar surface area (TPSA) is 56.8 Å². The van der Waals surface area contributed by atoms with Gasteiger partial charge in [-0.25, -0.2) is 0 Å². The van der Waals surface area contributed by atoms with E-state index >= 15 is 0 Å². The monoisotopic (exact) mass is 389 g/mol. The Morgan fingerprint density at radius 3 is 2.30 bits per heavy atom. The van der Waals surface area contributed by atoms with E-state index in [2.05, 4.69) is 11.4 Å². The van der Waals surface area contributed by atoms with Crippen molar-refractivity contribution in [1.82, 2.24) is 5.32 Å². The molecule has 5 nitrogen and oxygen atoms in total. The highest BCUT2D eigenvalue weighted by molar-refractivity contribution is 7.14. The van der Waals surface area contributed by atoms with Gasteiger partial charge < -0.3 is 19.5 Å². The lowest BCUT2D eigenvalue weighted by molar-refractivity contribution is 0.0943. The Hall–Kier alpha value is -2.21. The molecule has 1 atom stereocenters. The molecule has 1 aliphatic carbocycles. The summed E-state index contributed by atoms with van der Waals surface area (Å²) in [4.78, 5) is 14.9. The van der Waals surface area contributed by atoms with Gasteiger partial charge in [0.25, 0.3) is 5.91 Å². The second-order valence-electron chi connectivity index (χ2n) is 6.77. The third-order valence-electron chi connectivity index (χ3n) is 5.01. The van der Waals surface area contributed by atoms with Crippen LogP contribution in [0.4, 0.5) is 0 Å². The molecule has 1 aromatic heterocycles. The van der Waals surface area contributed by atoms with Crippen molar-refractivity contribution >= 4 is 17.2 Å². The van der Waals surface area contributed by atoms with E-state index in [1.54, 1.807) is 32.7 Å². The van der Waals surface area contributed by atoms with Crippen LogP contribution in [0, 0.1) is 0 Å². The minimum Gasteiger partial charge on any atom is -0.493 e. The van der Waals surface area contributed by atoms with E-state index in [-0.39, 0.29) is 11.9 Å². The number of amides is 1. The van der Waals surface area contributed by atoms with Gasteiger partial charge in [0, 0.05) is 4.88 Å². The van der Waals surface area contributed by atoms with Gasteiger partial charge in [0.2, 0.25) is 5.75 Å². The molecular weight excluding hydrogens is 362 g/mol. The van der Waals surface area contributed by atoms with Crippen molar-refractivity contribution in [2.24, 2.45) is 0 Å². The zero-order chi connectivity index (χ0) is 19.4. The molecule has 0 bridgehead atoms. The number of nitrogens with one attached hydrogen (secondary N) is 1. The molecule has 27 heavy (non-hydrogen) atoms. The van der Waals surface area contributed by atoms with Gasteiger partial charge in [-0.05, 0) is 61.9 Å². The van der Waals surface area contributed by atoms with Crippen LogP contribution < -0.4 is 19.5 Å². The summed E-state index contributed by atoms with van der Waals surface area (Å²) >= 11 is 1.63. The SMILES string of the molecule is COc1cc(C(C)NC(=O)c2cc3c(s2)CCCCC3)cc(OC)c1OC. The maximum atomic E-state index is 12.8. The van der Waals surface area contributed by atoms with Crippen LogP contribution in [-0.4, -0.2) is 27.2 Å². The second kappa shape index (κ2) is 8.65. The van der Waals surface area contributed by atoms with Crippen LogP contribution in [0.3, 0.4) is 0 Å². The predicted octanol–water partition coefficient (Wildman–Crippen LogP) is 4.53. The molecule has 0 fully saturated rings. The largest absolute Gasteiger partial charge is 0.493 e. The van der Waals surface area contributed by atoms with E-state index in [1.807, 2.05) is 19.1 Å². The fraction of sp³-hybridized carbons (Fsp3) is 0.476. The molecular formula is C21H27NO4S. The fourth-order valence-corrected chi connectivity index (χ4v) is 4.64. The first kappa shape index (κ1) is 19.5. The summed E-state index contributed by atoms with van der Waals surface area (Å²) in [7, 11) is 4.75. The van der Waals surface area contributed by atoms with Crippen molar-refractivity contribution in [1.29, 1.82) is 0 Å². The average Bonchev–Trinajstić information content (AvgIpc) is 2.97. The summed E-state index contributed by atoms with van der Waals surface area (Å²) in [5.74, 6) is 1.67. The molecule has 6 heteroatoms. The van der Waals surface area contributed by atoms with Gasteiger partial charge in [-0.1, -0.05) is 6.42 Å². The molecule has 0 aliphatic heterocycles. The number of hydrogen-bond donors (Lipinski definition) is 1. The molecule has 2 aromatic rings. The number of thiophene rings is 1. The molecule has 1 unspecified atom stereocenters. The summed E-state index contributed by atoms with van der Waals surface area (Å²) in [5.41, 5.74) is 2.25. The normalized spacial score (nSPS) is 14.7. The van der Waals surface area contributed by atoms with E-state index in [1.165, 1.54) is 29.7 Å². The Morgan fingerprint density at radius 1 is 1.00 bits per heavy atom. The Labute approximate surface area is 164 Å². The molecule has 3 rings (SSSR count). The van der Waals surface area contributed by atoms with Crippen LogP contribution in [0.2, 0.25) is 0 Å². The number of carbonyl (C=O) groups is 1. The first-order valence-electron chi connectivity index (χ1n) is 9.29. The van der Waals surface area contributed by atoms with Gasteiger partial charge in [-0.2, -0.15) is 0 Å². The van der Waals surface area contributed by atoms with Crippen LogP contribution >= 0.6 is 11.3 Å². The maximum Gasteiger partial charge on any atom is 0.261 e. The quantitative estimate of drug-likeness (QED) is 0.737. The van der Waals surface area contributed by atoms with Gasteiger partial charge in [0.15, 0.2) is 11.5 Å². The lowest BCUT2D eigenvalue weighted by Crippen LogP contribution is -2.26. The van der Waals surface area contributed by atoms with Crippen LogP contribution in [-0.2, 0) is 12.8 Å². The molecule has 0 spiro atoms. The van der Waals surface area contributed by atoms with Gasteiger partial charge in [0.1, 0.15) is 0 Å². The third kappa shape index (κ3) is 4.21. The molecule has 1 aromatic carbocycles. The zero-order valence-electron chi connectivity index (χ0n) is 16.4. The first-order chi connectivity index (χ1) is 13.1. The van der Waals surface area contributed by atoms with E-state index in [9.17, 15) is 4.79 Å². The maximum absolute atomic E-state index is 12.8. The molecule has 1 N–H and O–H groups in total. The summed E-state index contributed by atoms with van der Waals surface area (Å²) < 4.78 is 16.2. The lowest BCUT2D eigenvalue weighted by Gasteiger charge is -2.18. The molecule has 1 heterocycles. The lowest BCUT2D eigenvalue weighted by atomic mass is 10.1. The summed E-state index contributed by atoms with van der Waals surface area (Å²) in [5, 5.41) is 3.10. The van der Waals surface area contributed by atoms with Crippen molar-refractivity contribution in [3.05, 3.63) is 39.1 Å². The predicted molar refractivity (Wildman–Crippen MR) is 108 cm³/mol. The van der Waals surface area contributed by atoms with Crippen molar-refractivity contribution in [2.45, 2.75) is 45.1 Å². The fourth-order valence-electron chi connectivity index (χ4n) is 3.48. The number of carbonyl (C=O) groups excluding carboxylic acids is 1. The number of benzene rings is 1. The highest BCUT2D eigenvalue weighted by atomic mass is 32.1. The van der Waals surface area contributed by atoms with E-state index in [4.69, 9.17) is 14.2 Å². The van der Waals surface area contributed by atoms with Crippen LogP contribution in [0.1, 0.15) is 57.9 Å². The van der Waals surface area contributed by atoms with Crippen LogP contribution in [0.25, 0.3) is 0 Å². The summed E-state index contributed by atoms with van der Waals surface area (Å²) in [6.07, 6.45) is 5.89. The molecule has 1 aliphatic rings. The molecule has 146 valence electrons. The summed E-state index contributed by atoms with van der Waals surface area (Å²) in [6, 6.07) is 5.63. The van der Waals surface area contributed by atoms with Crippen molar-refractivity contribution in [2.75, 3.05) is 21.3 Å². The van der Waals surface area contributed by atoms with Crippen molar-refractivity contribution in [3.63, 3.8) is 0 Å².